The van der Waals surface area contributed by atoms with Gasteiger partial charge in [-0.25, -0.2) is 19.0 Å². The van der Waals surface area contributed by atoms with Gasteiger partial charge >= 0.3 is 11.9 Å². The number of hydrogen-bond donors (Lipinski definition) is 6. The van der Waals surface area contributed by atoms with Gasteiger partial charge in [0.05, 0.1) is 45.5 Å². The highest BCUT2D eigenvalue weighted by Crippen LogP contribution is 2.59. The van der Waals surface area contributed by atoms with E-state index in [1.54, 1.807) is 6.07 Å². The van der Waals surface area contributed by atoms with E-state index < -0.39 is 35.5 Å². The molecule has 0 saturated heterocycles. The Kier molecular flexibility index (Phi) is 8.58. The molecule has 0 aliphatic heterocycles. The van der Waals surface area contributed by atoms with Crippen LogP contribution < -0.4 is 16.0 Å². The number of hydrogen-bond acceptors (Lipinski definition) is 6. The molecule has 4 aliphatic rings. The summed E-state index contributed by atoms with van der Waals surface area (Å²) in [5, 5.41) is 27.3. The van der Waals surface area contributed by atoms with Gasteiger partial charge in [-0.05, 0) is 110 Å². The highest BCUT2D eigenvalue weighted by atomic mass is 19.1. The lowest BCUT2D eigenvalue weighted by Crippen LogP contribution is -2.51. The van der Waals surface area contributed by atoms with Crippen molar-refractivity contribution < 1.29 is 38.6 Å². The number of benzene rings is 3. The smallest absolute Gasteiger partial charge is 0.335 e. The second kappa shape index (κ2) is 13.0. The summed E-state index contributed by atoms with van der Waals surface area (Å²) in [6.07, 6.45) is 8.63. The Hall–Kier alpha value is -5.59. The normalized spacial score (nSPS) is 22.5. The largest absolute Gasteiger partial charge is 0.478 e. The minimum Gasteiger partial charge on any atom is -0.478 e. The number of nitrogens with one attached hydrogen (secondary N) is 4. The van der Waals surface area contributed by atoms with Crippen LogP contribution in [0, 0.1) is 29.0 Å². The van der Waals surface area contributed by atoms with Crippen molar-refractivity contribution >= 4 is 46.4 Å². The minimum atomic E-state index is -1.39. The summed E-state index contributed by atoms with van der Waals surface area (Å²) >= 11 is 0. The molecular formula is C37H36FN5O7. The van der Waals surface area contributed by atoms with Gasteiger partial charge in [0.25, 0.3) is 11.8 Å². The van der Waals surface area contributed by atoms with E-state index in [2.05, 4.69) is 25.9 Å². The van der Waals surface area contributed by atoms with Crippen molar-refractivity contribution in [2.24, 2.45) is 23.2 Å². The lowest BCUT2D eigenvalue weighted by Gasteiger charge is -2.56. The standard InChI is InChI=1S/C37H36FN5O7/c38-25-3-1-22(2-4-25)29(34(46)43-26-9-23(35(47)48)8-24(10-26)36(49)50)16-39-32(44)27-11-30-31(42-18-41-30)12-28(27)33(45)40-17-37-13-19-5-20(14-37)7-21(6-19)15-37/h1-4,8-12,18-21,29H,5-7,13-17H2,(H,39,44)(H,40,45)(H,41,42)(H,43,46)(H,47,48)(H,49,50). The first-order chi connectivity index (χ1) is 23.9. The van der Waals surface area contributed by atoms with Gasteiger partial charge < -0.3 is 31.1 Å². The van der Waals surface area contributed by atoms with E-state index in [4.69, 9.17) is 0 Å². The molecule has 3 amide bonds. The van der Waals surface area contributed by atoms with Crippen LogP contribution in [0.2, 0.25) is 0 Å². The van der Waals surface area contributed by atoms with E-state index >= 15 is 0 Å². The molecule has 50 heavy (non-hydrogen) atoms. The van der Waals surface area contributed by atoms with Gasteiger partial charge in [0.15, 0.2) is 0 Å². The average Bonchev–Trinajstić information content (AvgIpc) is 3.54. The molecule has 4 saturated carbocycles. The van der Waals surface area contributed by atoms with E-state index in [0.29, 0.717) is 40.9 Å². The third-order valence-electron chi connectivity index (χ3n) is 10.6. The number of aromatic carboxylic acids is 2. The maximum Gasteiger partial charge on any atom is 0.335 e. The lowest BCUT2D eigenvalue weighted by atomic mass is 9.49. The second-order valence-corrected chi connectivity index (χ2v) is 14.1. The summed E-state index contributed by atoms with van der Waals surface area (Å²) in [6, 6.07) is 11.4. The summed E-state index contributed by atoms with van der Waals surface area (Å²) in [4.78, 5) is 71.7. The third-order valence-corrected chi connectivity index (χ3v) is 10.6. The van der Waals surface area contributed by atoms with Gasteiger partial charge in [0.2, 0.25) is 5.91 Å². The van der Waals surface area contributed by atoms with Gasteiger partial charge in [-0.1, -0.05) is 12.1 Å². The molecule has 4 aliphatic carbocycles. The van der Waals surface area contributed by atoms with Crippen LogP contribution in [0.5, 0.6) is 0 Å². The quantitative estimate of drug-likeness (QED) is 0.125. The highest BCUT2D eigenvalue weighted by Gasteiger charge is 2.50. The molecule has 0 radical (unpaired) electrons. The number of carboxylic acids is 2. The monoisotopic (exact) mass is 681 g/mol. The zero-order valence-electron chi connectivity index (χ0n) is 27.0. The molecule has 1 unspecified atom stereocenters. The van der Waals surface area contributed by atoms with Gasteiger partial charge in [0.1, 0.15) is 5.82 Å². The van der Waals surface area contributed by atoms with E-state index in [1.807, 2.05) is 0 Å². The summed E-state index contributed by atoms with van der Waals surface area (Å²) in [5.74, 6) is -4.05. The Labute approximate surface area is 285 Å². The molecule has 4 aromatic rings. The number of anilines is 1. The first-order valence-electron chi connectivity index (χ1n) is 16.7. The van der Waals surface area contributed by atoms with Crippen molar-refractivity contribution in [3.63, 3.8) is 0 Å². The maximum atomic E-state index is 13.8. The summed E-state index contributed by atoms with van der Waals surface area (Å²) in [6.45, 7) is 0.241. The number of rotatable bonds is 11. The number of H-pyrrole nitrogens is 1. The first kappa shape index (κ1) is 32.9. The molecule has 13 heteroatoms. The number of carboxylic acid groups (broad SMARTS) is 2. The predicted octanol–water partition coefficient (Wildman–Crippen LogP) is 5.20. The number of carbonyl (C=O) groups is 5. The number of halogens is 1. The average molecular weight is 682 g/mol. The number of aromatic amines is 1. The van der Waals surface area contributed by atoms with Crippen LogP contribution >= 0.6 is 0 Å². The molecule has 12 nitrogen and oxygen atoms in total. The molecule has 6 N–H and O–H groups in total. The van der Waals surface area contributed by atoms with E-state index in [-0.39, 0.29) is 45.8 Å². The number of carbonyl (C=O) groups excluding carboxylic acids is 3. The SMILES string of the molecule is O=C(O)c1cc(NC(=O)C(CNC(=O)c2cc3nc[nH]c3cc2C(=O)NCC23CC4CC(CC(C4)C2)C3)c2ccc(F)cc2)cc(C(=O)O)c1. The third kappa shape index (κ3) is 6.67. The summed E-state index contributed by atoms with van der Waals surface area (Å²) in [7, 11) is 0. The van der Waals surface area contributed by atoms with Gasteiger partial charge in [0, 0.05) is 18.8 Å². The number of aromatic nitrogens is 2. The first-order valence-corrected chi connectivity index (χ1v) is 16.7. The van der Waals surface area contributed by atoms with Gasteiger partial charge in [-0.2, -0.15) is 0 Å². The van der Waals surface area contributed by atoms with Crippen LogP contribution in [0.3, 0.4) is 0 Å². The zero-order valence-corrected chi connectivity index (χ0v) is 27.0. The topological polar surface area (TPSA) is 191 Å². The number of nitrogens with zero attached hydrogens (tertiary/aromatic N) is 1. The molecule has 4 fully saturated rings. The van der Waals surface area contributed by atoms with Crippen molar-refractivity contribution in [2.45, 2.75) is 44.4 Å². The van der Waals surface area contributed by atoms with Crippen LogP contribution in [-0.4, -0.2) is 62.9 Å². The van der Waals surface area contributed by atoms with Crippen LogP contribution in [0.1, 0.15) is 91.4 Å². The van der Waals surface area contributed by atoms with Crippen LogP contribution in [0.4, 0.5) is 10.1 Å². The van der Waals surface area contributed by atoms with Crippen molar-refractivity contribution in [3.05, 3.63) is 94.6 Å². The van der Waals surface area contributed by atoms with Crippen molar-refractivity contribution in [1.82, 2.24) is 20.6 Å². The molecule has 1 atom stereocenters. The Balaban J connectivity index is 1.12. The lowest BCUT2D eigenvalue weighted by molar-refractivity contribution is -0.117. The highest BCUT2D eigenvalue weighted by molar-refractivity contribution is 6.10. The van der Waals surface area contributed by atoms with Gasteiger partial charge in [-0.3, -0.25) is 14.4 Å². The summed E-state index contributed by atoms with van der Waals surface area (Å²) in [5.41, 5.74) is 0.868. The van der Waals surface area contributed by atoms with E-state index in [1.165, 1.54) is 43.8 Å². The molecule has 3 aromatic carbocycles. The Bertz CT molecular complexity index is 1960. The number of fused-ring (bicyclic) bond motifs is 1. The fourth-order valence-electron chi connectivity index (χ4n) is 8.75. The number of amides is 3. The molecule has 258 valence electrons. The molecular weight excluding hydrogens is 645 g/mol. The van der Waals surface area contributed by atoms with Crippen LogP contribution in [-0.2, 0) is 4.79 Å². The molecule has 1 aromatic heterocycles. The minimum absolute atomic E-state index is 0.0612. The zero-order chi connectivity index (χ0) is 35.2. The molecule has 1 heterocycles. The Morgan fingerprint density at radius 2 is 1.40 bits per heavy atom. The predicted molar refractivity (Wildman–Crippen MR) is 179 cm³/mol. The van der Waals surface area contributed by atoms with Gasteiger partial charge in [-0.15, -0.1) is 0 Å². The maximum absolute atomic E-state index is 13.8. The molecule has 4 bridgehead atoms. The Morgan fingerprint density at radius 1 is 0.820 bits per heavy atom. The van der Waals surface area contributed by atoms with E-state index in [0.717, 1.165) is 49.6 Å². The second-order valence-electron chi connectivity index (χ2n) is 14.1. The van der Waals surface area contributed by atoms with Crippen LogP contribution in [0.15, 0.2) is 60.9 Å². The Morgan fingerprint density at radius 3 is 2.00 bits per heavy atom. The molecule has 0 spiro atoms. The fourth-order valence-corrected chi connectivity index (χ4v) is 8.75. The van der Waals surface area contributed by atoms with Crippen molar-refractivity contribution in [2.75, 3.05) is 18.4 Å². The summed E-state index contributed by atoms with van der Waals surface area (Å²) < 4.78 is 13.8. The van der Waals surface area contributed by atoms with E-state index in [9.17, 15) is 38.6 Å². The number of imidazole rings is 1. The van der Waals surface area contributed by atoms with Crippen LogP contribution in [0.25, 0.3) is 11.0 Å². The van der Waals surface area contributed by atoms with Crippen molar-refractivity contribution in [1.29, 1.82) is 0 Å². The van der Waals surface area contributed by atoms with Crippen molar-refractivity contribution in [3.8, 4) is 0 Å². The molecule has 8 rings (SSSR count). The fraction of sp³-hybridized carbons (Fsp3) is 0.351.